The molecule has 1 atom stereocenters. The Hall–Kier alpha value is -1.74. The van der Waals surface area contributed by atoms with Crippen LogP contribution in [-0.4, -0.2) is 13.2 Å². The Morgan fingerprint density at radius 3 is 2.79 bits per heavy atom. The first-order valence-electron chi connectivity index (χ1n) is 6.76. The predicted octanol–water partition coefficient (Wildman–Crippen LogP) is 3.44. The molecular formula is C16H19NO2. The second-order valence-corrected chi connectivity index (χ2v) is 5.04. The van der Waals surface area contributed by atoms with Crippen LogP contribution in [0.25, 0.3) is 0 Å². The highest BCUT2D eigenvalue weighted by atomic mass is 16.5. The molecule has 0 aliphatic heterocycles. The number of rotatable bonds is 5. The Morgan fingerprint density at radius 1 is 1.32 bits per heavy atom. The van der Waals surface area contributed by atoms with Crippen LogP contribution in [0.15, 0.2) is 41.0 Å². The minimum absolute atomic E-state index is 0.140. The molecule has 0 amide bonds. The van der Waals surface area contributed by atoms with Crippen molar-refractivity contribution in [3.05, 3.63) is 53.5 Å². The third-order valence-corrected chi connectivity index (χ3v) is 3.52. The number of hydrogen-bond donors (Lipinski definition) is 1. The van der Waals surface area contributed by atoms with E-state index in [1.165, 1.54) is 24.0 Å². The fraction of sp³-hybridized carbons (Fsp3) is 0.375. The highest BCUT2D eigenvalue weighted by Crippen LogP contribution is 2.31. The fourth-order valence-corrected chi connectivity index (χ4v) is 2.34. The van der Waals surface area contributed by atoms with Crippen LogP contribution in [0.3, 0.4) is 0 Å². The van der Waals surface area contributed by atoms with Gasteiger partial charge in [-0.25, -0.2) is 0 Å². The molecule has 19 heavy (non-hydrogen) atoms. The Kier molecular flexibility index (Phi) is 3.30. The second-order valence-electron chi connectivity index (χ2n) is 5.04. The smallest absolute Gasteiger partial charge is 0.120 e. The standard InChI is InChI=1S/C16H19NO2/c1-11-15(8-9-18-11)16(17-2)12-4-3-5-14(10-12)19-13-6-7-13/h3-5,8-10,13,16-17H,6-7H2,1-2H3. The summed E-state index contributed by atoms with van der Waals surface area (Å²) in [6.45, 7) is 1.99. The van der Waals surface area contributed by atoms with Gasteiger partial charge in [0.1, 0.15) is 11.5 Å². The first kappa shape index (κ1) is 12.3. The number of benzene rings is 1. The highest BCUT2D eigenvalue weighted by Gasteiger charge is 2.24. The van der Waals surface area contributed by atoms with Crippen molar-refractivity contribution in [2.45, 2.75) is 31.9 Å². The summed E-state index contributed by atoms with van der Waals surface area (Å²) in [7, 11) is 1.96. The van der Waals surface area contributed by atoms with Crippen LogP contribution < -0.4 is 10.1 Å². The number of aryl methyl sites for hydroxylation is 1. The molecule has 1 aromatic heterocycles. The molecule has 0 radical (unpaired) electrons. The van der Waals surface area contributed by atoms with E-state index in [1.54, 1.807) is 6.26 Å². The molecule has 0 saturated heterocycles. The molecular weight excluding hydrogens is 238 g/mol. The van der Waals surface area contributed by atoms with E-state index in [1.807, 2.05) is 32.2 Å². The average molecular weight is 257 g/mol. The SMILES string of the molecule is CNC(c1cccc(OC2CC2)c1)c1ccoc1C. The van der Waals surface area contributed by atoms with E-state index in [-0.39, 0.29) is 6.04 Å². The van der Waals surface area contributed by atoms with Crippen molar-refractivity contribution < 1.29 is 9.15 Å². The molecule has 3 nitrogen and oxygen atoms in total. The lowest BCUT2D eigenvalue weighted by atomic mass is 9.99. The van der Waals surface area contributed by atoms with Gasteiger partial charge < -0.3 is 14.5 Å². The molecule has 1 aromatic carbocycles. The van der Waals surface area contributed by atoms with Crippen molar-refractivity contribution in [1.82, 2.24) is 5.32 Å². The molecule has 3 heteroatoms. The molecule has 1 N–H and O–H groups in total. The normalized spacial score (nSPS) is 16.3. The zero-order valence-corrected chi connectivity index (χ0v) is 11.3. The fourth-order valence-electron chi connectivity index (χ4n) is 2.34. The number of furan rings is 1. The first-order chi connectivity index (χ1) is 9.28. The van der Waals surface area contributed by atoms with E-state index in [0.717, 1.165) is 11.5 Å². The predicted molar refractivity (Wildman–Crippen MR) is 74.4 cm³/mol. The van der Waals surface area contributed by atoms with Gasteiger partial charge >= 0.3 is 0 Å². The lowest BCUT2D eigenvalue weighted by Crippen LogP contribution is -2.18. The number of nitrogens with one attached hydrogen (secondary N) is 1. The Morgan fingerprint density at radius 2 is 2.16 bits per heavy atom. The molecule has 3 rings (SSSR count). The lowest BCUT2D eigenvalue weighted by molar-refractivity contribution is 0.302. The molecule has 100 valence electrons. The monoisotopic (exact) mass is 257 g/mol. The minimum atomic E-state index is 0.140. The van der Waals surface area contributed by atoms with Gasteiger partial charge in [0, 0.05) is 5.56 Å². The zero-order valence-electron chi connectivity index (χ0n) is 11.3. The molecule has 1 aliphatic rings. The largest absolute Gasteiger partial charge is 0.490 e. The van der Waals surface area contributed by atoms with Gasteiger partial charge in [-0.15, -0.1) is 0 Å². The Labute approximate surface area is 113 Å². The zero-order chi connectivity index (χ0) is 13.2. The van der Waals surface area contributed by atoms with Gasteiger partial charge in [0.15, 0.2) is 0 Å². The van der Waals surface area contributed by atoms with Gasteiger partial charge in [-0.05, 0) is 50.6 Å². The van der Waals surface area contributed by atoms with Crippen LogP contribution in [0.1, 0.15) is 35.8 Å². The van der Waals surface area contributed by atoms with Crippen LogP contribution >= 0.6 is 0 Å². The van der Waals surface area contributed by atoms with Gasteiger partial charge in [-0.3, -0.25) is 0 Å². The summed E-state index contributed by atoms with van der Waals surface area (Å²) in [5.41, 5.74) is 2.37. The van der Waals surface area contributed by atoms with Crippen molar-refractivity contribution >= 4 is 0 Å². The van der Waals surface area contributed by atoms with Crippen LogP contribution in [0.2, 0.25) is 0 Å². The number of ether oxygens (including phenoxy) is 1. The third kappa shape index (κ3) is 2.66. The van der Waals surface area contributed by atoms with Gasteiger partial charge in [-0.2, -0.15) is 0 Å². The summed E-state index contributed by atoms with van der Waals surface area (Å²) < 4.78 is 11.3. The summed E-state index contributed by atoms with van der Waals surface area (Å²) in [4.78, 5) is 0. The summed E-state index contributed by atoms with van der Waals surface area (Å²) >= 11 is 0. The molecule has 1 heterocycles. The van der Waals surface area contributed by atoms with Crippen molar-refractivity contribution in [3.8, 4) is 5.75 Å². The Bertz CT molecular complexity index is 557. The van der Waals surface area contributed by atoms with E-state index in [9.17, 15) is 0 Å². The van der Waals surface area contributed by atoms with Crippen LogP contribution in [0.4, 0.5) is 0 Å². The van der Waals surface area contributed by atoms with E-state index >= 15 is 0 Å². The van der Waals surface area contributed by atoms with Gasteiger partial charge in [0.05, 0.1) is 18.4 Å². The first-order valence-corrected chi connectivity index (χ1v) is 6.76. The summed E-state index contributed by atoms with van der Waals surface area (Å²) in [6.07, 6.45) is 4.53. The van der Waals surface area contributed by atoms with Crippen LogP contribution in [-0.2, 0) is 0 Å². The molecule has 1 fully saturated rings. The second kappa shape index (κ2) is 5.10. The maximum Gasteiger partial charge on any atom is 0.120 e. The van der Waals surface area contributed by atoms with Crippen molar-refractivity contribution in [1.29, 1.82) is 0 Å². The average Bonchev–Trinajstić information content (AvgIpc) is 3.13. The summed E-state index contributed by atoms with van der Waals surface area (Å²) in [6, 6.07) is 10.5. The summed E-state index contributed by atoms with van der Waals surface area (Å²) in [5.74, 6) is 1.91. The number of hydrogen-bond acceptors (Lipinski definition) is 3. The van der Waals surface area contributed by atoms with E-state index in [4.69, 9.17) is 9.15 Å². The molecule has 0 bridgehead atoms. The quantitative estimate of drug-likeness (QED) is 0.891. The van der Waals surface area contributed by atoms with Crippen molar-refractivity contribution in [2.75, 3.05) is 7.05 Å². The molecule has 1 unspecified atom stereocenters. The van der Waals surface area contributed by atoms with E-state index in [2.05, 4.69) is 17.4 Å². The lowest BCUT2D eigenvalue weighted by Gasteiger charge is -2.17. The topological polar surface area (TPSA) is 34.4 Å². The molecule has 2 aromatic rings. The van der Waals surface area contributed by atoms with Crippen molar-refractivity contribution in [3.63, 3.8) is 0 Å². The third-order valence-electron chi connectivity index (χ3n) is 3.52. The van der Waals surface area contributed by atoms with E-state index in [0.29, 0.717) is 6.10 Å². The van der Waals surface area contributed by atoms with Gasteiger partial charge in [-0.1, -0.05) is 12.1 Å². The maximum absolute atomic E-state index is 5.86. The minimum Gasteiger partial charge on any atom is -0.490 e. The van der Waals surface area contributed by atoms with Crippen LogP contribution in [0.5, 0.6) is 5.75 Å². The summed E-state index contributed by atoms with van der Waals surface area (Å²) in [5, 5.41) is 3.34. The molecule has 0 spiro atoms. The van der Waals surface area contributed by atoms with Gasteiger partial charge in [0.25, 0.3) is 0 Å². The van der Waals surface area contributed by atoms with Gasteiger partial charge in [0.2, 0.25) is 0 Å². The van der Waals surface area contributed by atoms with E-state index < -0.39 is 0 Å². The van der Waals surface area contributed by atoms with Crippen LogP contribution in [0, 0.1) is 6.92 Å². The Balaban J connectivity index is 1.88. The van der Waals surface area contributed by atoms with Crippen molar-refractivity contribution in [2.24, 2.45) is 0 Å². The highest BCUT2D eigenvalue weighted by molar-refractivity contribution is 5.37. The molecule has 1 aliphatic carbocycles. The molecule has 1 saturated carbocycles. The maximum atomic E-state index is 5.86.